The van der Waals surface area contributed by atoms with Gasteiger partial charge in [-0.05, 0) is 66.8 Å². The average Bonchev–Trinajstić information content (AvgIpc) is 2.79. The zero-order valence-corrected chi connectivity index (χ0v) is 17.1. The summed E-state index contributed by atoms with van der Waals surface area (Å²) in [5.41, 5.74) is 5.41. The lowest BCUT2D eigenvalue weighted by atomic mass is 9.87. The van der Waals surface area contributed by atoms with E-state index in [-0.39, 0.29) is 11.9 Å². The standard InChI is InChI=1S/C25H20ClN3O/c26-18-10-11-23-20(13-18)21(14-24(28-23)17-7-4-12-27-15-17)25(30)29-22-9-3-6-16-5-1-2-8-19(16)22/h1-2,4-5,7-8,10-15,22H,3,6,9H2,(H,29,30)/t22-/m0/s1. The van der Waals surface area contributed by atoms with Crippen LogP contribution in [0.25, 0.3) is 22.2 Å². The first-order chi connectivity index (χ1) is 14.7. The van der Waals surface area contributed by atoms with Crippen molar-refractivity contribution in [2.45, 2.75) is 25.3 Å². The molecule has 0 saturated heterocycles. The number of nitrogens with one attached hydrogen (secondary N) is 1. The molecule has 30 heavy (non-hydrogen) atoms. The molecule has 0 spiro atoms. The zero-order valence-electron chi connectivity index (χ0n) is 16.3. The predicted octanol–water partition coefficient (Wildman–Crippen LogP) is 5.76. The molecule has 2 aromatic heterocycles. The highest BCUT2D eigenvalue weighted by atomic mass is 35.5. The molecule has 0 bridgehead atoms. The summed E-state index contributed by atoms with van der Waals surface area (Å²) < 4.78 is 0. The van der Waals surface area contributed by atoms with Crippen molar-refractivity contribution in [3.8, 4) is 11.3 Å². The first kappa shape index (κ1) is 18.8. The number of aromatic nitrogens is 2. The summed E-state index contributed by atoms with van der Waals surface area (Å²) in [4.78, 5) is 22.4. The molecule has 5 rings (SSSR count). The number of hydrogen-bond donors (Lipinski definition) is 1. The van der Waals surface area contributed by atoms with E-state index < -0.39 is 0 Å². The highest BCUT2D eigenvalue weighted by Crippen LogP contribution is 2.31. The SMILES string of the molecule is O=C(N[C@H]1CCCc2ccccc21)c1cc(-c2cccnc2)nc2ccc(Cl)cc12. The number of aryl methyl sites for hydroxylation is 1. The lowest BCUT2D eigenvalue weighted by Gasteiger charge is -2.26. The van der Waals surface area contributed by atoms with E-state index in [1.54, 1.807) is 24.5 Å². The third-order valence-electron chi connectivity index (χ3n) is 5.65. The van der Waals surface area contributed by atoms with E-state index in [1.165, 1.54) is 11.1 Å². The fourth-order valence-corrected chi connectivity index (χ4v) is 4.36. The number of rotatable bonds is 3. The molecular weight excluding hydrogens is 394 g/mol. The molecule has 1 atom stereocenters. The molecule has 1 N–H and O–H groups in total. The third kappa shape index (κ3) is 3.55. The van der Waals surface area contributed by atoms with Crippen molar-refractivity contribution in [2.24, 2.45) is 0 Å². The minimum atomic E-state index is -0.114. The van der Waals surface area contributed by atoms with Crippen molar-refractivity contribution in [1.82, 2.24) is 15.3 Å². The van der Waals surface area contributed by atoms with Gasteiger partial charge in [0.05, 0.1) is 22.8 Å². The number of pyridine rings is 2. The van der Waals surface area contributed by atoms with Gasteiger partial charge in [0.2, 0.25) is 0 Å². The van der Waals surface area contributed by atoms with Crippen LogP contribution < -0.4 is 5.32 Å². The van der Waals surface area contributed by atoms with Gasteiger partial charge in [-0.25, -0.2) is 4.98 Å². The van der Waals surface area contributed by atoms with E-state index in [0.717, 1.165) is 35.7 Å². The zero-order chi connectivity index (χ0) is 20.5. The quantitative estimate of drug-likeness (QED) is 0.464. The van der Waals surface area contributed by atoms with E-state index in [9.17, 15) is 4.79 Å². The summed E-state index contributed by atoms with van der Waals surface area (Å²) in [6.07, 6.45) is 6.52. The fraction of sp³-hybridized carbons (Fsp3) is 0.160. The van der Waals surface area contributed by atoms with Crippen LogP contribution in [0.1, 0.15) is 40.4 Å². The van der Waals surface area contributed by atoms with Crippen molar-refractivity contribution in [1.29, 1.82) is 0 Å². The number of halogens is 1. The second-order valence-corrected chi connectivity index (χ2v) is 8.01. The van der Waals surface area contributed by atoms with Gasteiger partial charge in [-0.1, -0.05) is 35.9 Å². The maximum Gasteiger partial charge on any atom is 0.252 e. The highest BCUT2D eigenvalue weighted by molar-refractivity contribution is 6.31. The van der Waals surface area contributed by atoms with Crippen LogP contribution in [-0.2, 0) is 6.42 Å². The molecule has 4 aromatic rings. The molecule has 0 aliphatic heterocycles. The maximum atomic E-state index is 13.4. The second kappa shape index (κ2) is 7.88. The molecule has 4 nitrogen and oxygen atoms in total. The smallest absolute Gasteiger partial charge is 0.252 e. The first-order valence-corrected chi connectivity index (χ1v) is 10.5. The third-order valence-corrected chi connectivity index (χ3v) is 5.88. The van der Waals surface area contributed by atoms with Gasteiger partial charge in [0, 0.05) is 28.4 Å². The van der Waals surface area contributed by atoms with Gasteiger partial charge < -0.3 is 5.32 Å². The molecule has 148 valence electrons. The molecule has 0 fully saturated rings. The van der Waals surface area contributed by atoms with Gasteiger partial charge in [0.1, 0.15) is 0 Å². The van der Waals surface area contributed by atoms with Crippen LogP contribution in [0.3, 0.4) is 0 Å². The Morgan fingerprint density at radius 3 is 2.83 bits per heavy atom. The largest absolute Gasteiger partial charge is 0.345 e. The van der Waals surface area contributed by atoms with Gasteiger partial charge in [0.25, 0.3) is 5.91 Å². The molecule has 0 unspecified atom stereocenters. The number of nitrogens with zero attached hydrogens (tertiary/aromatic N) is 2. The summed E-state index contributed by atoms with van der Waals surface area (Å²) in [6, 6.07) is 19.4. The van der Waals surface area contributed by atoms with Crippen LogP contribution in [0.2, 0.25) is 5.02 Å². The van der Waals surface area contributed by atoms with Crippen LogP contribution in [0.4, 0.5) is 0 Å². The predicted molar refractivity (Wildman–Crippen MR) is 120 cm³/mol. The van der Waals surface area contributed by atoms with E-state index in [0.29, 0.717) is 16.3 Å². The Morgan fingerprint density at radius 2 is 1.97 bits per heavy atom. The summed E-state index contributed by atoms with van der Waals surface area (Å²) in [6.45, 7) is 0. The molecule has 0 radical (unpaired) electrons. The maximum absolute atomic E-state index is 13.4. The Kier molecular flexibility index (Phi) is 4.93. The van der Waals surface area contributed by atoms with E-state index >= 15 is 0 Å². The molecule has 2 aromatic carbocycles. The monoisotopic (exact) mass is 413 g/mol. The Hall–Kier alpha value is -3.24. The lowest BCUT2D eigenvalue weighted by molar-refractivity contribution is 0.0934. The summed E-state index contributed by atoms with van der Waals surface area (Å²) in [7, 11) is 0. The van der Waals surface area contributed by atoms with Crippen molar-refractivity contribution < 1.29 is 4.79 Å². The van der Waals surface area contributed by atoms with Crippen LogP contribution in [0.5, 0.6) is 0 Å². The summed E-state index contributed by atoms with van der Waals surface area (Å²) in [5.74, 6) is -0.114. The molecule has 2 heterocycles. The number of amides is 1. The van der Waals surface area contributed by atoms with Crippen LogP contribution >= 0.6 is 11.6 Å². The van der Waals surface area contributed by atoms with Crippen LogP contribution in [-0.4, -0.2) is 15.9 Å². The molecule has 5 heteroatoms. The Morgan fingerprint density at radius 1 is 1.07 bits per heavy atom. The van der Waals surface area contributed by atoms with Crippen molar-refractivity contribution >= 4 is 28.4 Å². The van der Waals surface area contributed by atoms with E-state index in [4.69, 9.17) is 16.6 Å². The van der Waals surface area contributed by atoms with Crippen molar-refractivity contribution in [3.05, 3.63) is 94.8 Å². The number of carbonyl (C=O) groups excluding carboxylic acids is 1. The Bertz CT molecular complexity index is 1240. The number of fused-ring (bicyclic) bond motifs is 2. The average molecular weight is 414 g/mol. The second-order valence-electron chi connectivity index (χ2n) is 7.58. The number of hydrogen-bond acceptors (Lipinski definition) is 3. The first-order valence-electron chi connectivity index (χ1n) is 10.1. The molecular formula is C25H20ClN3O. The lowest BCUT2D eigenvalue weighted by Crippen LogP contribution is -2.31. The summed E-state index contributed by atoms with van der Waals surface area (Å²) >= 11 is 6.24. The van der Waals surface area contributed by atoms with Crippen LogP contribution in [0.15, 0.2) is 73.1 Å². The normalized spacial score (nSPS) is 15.6. The highest BCUT2D eigenvalue weighted by Gasteiger charge is 2.23. The van der Waals surface area contributed by atoms with Crippen molar-refractivity contribution in [2.75, 3.05) is 0 Å². The van der Waals surface area contributed by atoms with Gasteiger partial charge in [-0.2, -0.15) is 0 Å². The van der Waals surface area contributed by atoms with Gasteiger partial charge in [-0.15, -0.1) is 0 Å². The van der Waals surface area contributed by atoms with E-state index in [2.05, 4.69) is 28.5 Å². The fourth-order valence-electron chi connectivity index (χ4n) is 4.19. The minimum absolute atomic E-state index is 0.00620. The van der Waals surface area contributed by atoms with Crippen LogP contribution in [0, 0.1) is 0 Å². The van der Waals surface area contributed by atoms with Crippen molar-refractivity contribution in [3.63, 3.8) is 0 Å². The van der Waals surface area contributed by atoms with Gasteiger partial charge >= 0.3 is 0 Å². The molecule has 1 aliphatic carbocycles. The number of carbonyl (C=O) groups is 1. The molecule has 1 amide bonds. The van der Waals surface area contributed by atoms with Gasteiger partial charge in [-0.3, -0.25) is 9.78 Å². The Balaban J connectivity index is 1.57. The van der Waals surface area contributed by atoms with E-state index in [1.807, 2.05) is 30.3 Å². The molecule has 0 saturated carbocycles. The van der Waals surface area contributed by atoms with Gasteiger partial charge in [0.15, 0.2) is 0 Å². The number of benzene rings is 2. The summed E-state index contributed by atoms with van der Waals surface area (Å²) in [5, 5.41) is 4.58. The molecule has 1 aliphatic rings. The minimum Gasteiger partial charge on any atom is -0.345 e. The topological polar surface area (TPSA) is 54.9 Å². The Labute approximate surface area is 180 Å².